The Morgan fingerprint density at radius 3 is 2.73 bits per heavy atom. The number of aliphatic hydroxyl groups excluding tert-OH is 1. The third kappa shape index (κ3) is 3.34. The largest absolute Gasteiger partial charge is 0.387 e. The van der Waals surface area contributed by atoms with Gasteiger partial charge < -0.3 is 10.0 Å². The third-order valence-corrected chi connectivity index (χ3v) is 4.33. The van der Waals surface area contributed by atoms with Crippen LogP contribution in [0.3, 0.4) is 0 Å². The van der Waals surface area contributed by atoms with Crippen molar-refractivity contribution in [3.63, 3.8) is 0 Å². The molecule has 2 aromatic rings. The maximum absolute atomic E-state index is 13.7. The molecule has 6 heteroatoms. The molecule has 0 radical (unpaired) electrons. The molecule has 1 aliphatic heterocycles. The molecule has 0 bridgehead atoms. The summed E-state index contributed by atoms with van der Waals surface area (Å²) in [5.41, 5.74) is 1.36. The van der Waals surface area contributed by atoms with Crippen molar-refractivity contribution in [1.82, 2.24) is 15.1 Å². The molecule has 2 N–H and O–H groups in total. The number of rotatable bonds is 4. The van der Waals surface area contributed by atoms with Crippen molar-refractivity contribution in [2.45, 2.75) is 24.9 Å². The minimum Gasteiger partial charge on any atom is -0.387 e. The molecule has 1 aromatic carbocycles. The van der Waals surface area contributed by atoms with E-state index in [1.54, 1.807) is 0 Å². The number of H-pyrrole nitrogens is 1. The van der Waals surface area contributed by atoms with E-state index >= 15 is 0 Å². The Bertz CT molecular complexity index is 610. The fourth-order valence-electron chi connectivity index (χ4n) is 3.05. The van der Waals surface area contributed by atoms with E-state index in [0.717, 1.165) is 32.0 Å². The lowest BCUT2D eigenvalue weighted by Crippen LogP contribution is -2.36. The highest BCUT2D eigenvalue weighted by Gasteiger charge is 2.24. The second-order valence-electron chi connectivity index (χ2n) is 5.79. The van der Waals surface area contributed by atoms with Crippen LogP contribution >= 0.6 is 0 Å². The Balaban J connectivity index is 1.56. The highest BCUT2D eigenvalue weighted by atomic mass is 19.1. The lowest BCUT2D eigenvalue weighted by Gasteiger charge is -2.32. The van der Waals surface area contributed by atoms with Crippen LogP contribution in [0.5, 0.6) is 0 Å². The summed E-state index contributed by atoms with van der Waals surface area (Å²) in [6.45, 7) is 2.05. The van der Waals surface area contributed by atoms with Gasteiger partial charge in [-0.25, -0.2) is 8.78 Å². The summed E-state index contributed by atoms with van der Waals surface area (Å²) >= 11 is 0. The number of halogens is 2. The van der Waals surface area contributed by atoms with Gasteiger partial charge in [0.1, 0.15) is 11.6 Å². The van der Waals surface area contributed by atoms with E-state index in [4.69, 9.17) is 0 Å². The van der Waals surface area contributed by atoms with E-state index in [1.807, 2.05) is 12.4 Å². The van der Waals surface area contributed by atoms with Gasteiger partial charge in [0.25, 0.3) is 0 Å². The average Bonchev–Trinajstić information content (AvgIpc) is 3.02. The molecule has 1 saturated heterocycles. The SMILES string of the molecule is OC(CN1CCC(c2cn[nH]c2)CC1)c1ccc(F)cc1F. The van der Waals surface area contributed by atoms with Gasteiger partial charge in [0.2, 0.25) is 0 Å². The van der Waals surface area contributed by atoms with Crippen LogP contribution < -0.4 is 0 Å². The van der Waals surface area contributed by atoms with Gasteiger partial charge in [0.05, 0.1) is 12.3 Å². The lowest BCUT2D eigenvalue weighted by atomic mass is 9.91. The number of piperidine rings is 1. The summed E-state index contributed by atoms with van der Waals surface area (Å²) in [5.74, 6) is -0.843. The van der Waals surface area contributed by atoms with Crippen LogP contribution in [0.1, 0.15) is 36.0 Å². The van der Waals surface area contributed by atoms with Gasteiger partial charge >= 0.3 is 0 Å². The van der Waals surface area contributed by atoms with E-state index in [0.29, 0.717) is 12.5 Å². The van der Waals surface area contributed by atoms with Gasteiger partial charge in [-0.2, -0.15) is 5.10 Å². The minimum absolute atomic E-state index is 0.151. The van der Waals surface area contributed by atoms with E-state index in [9.17, 15) is 13.9 Å². The van der Waals surface area contributed by atoms with Crippen LogP contribution in [-0.2, 0) is 0 Å². The predicted octanol–water partition coefficient (Wildman–Crippen LogP) is 2.60. The zero-order valence-corrected chi connectivity index (χ0v) is 12.2. The predicted molar refractivity (Wildman–Crippen MR) is 78.3 cm³/mol. The molecule has 3 rings (SSSR count). The molecule has 1 unspecified atom stereocenters. The van der Waals surface area contributed by atoms with Crippen molar-refractivity contribution in [2.75, 3.05) is 19.6 Å². The number of aromatic amines is 1. The molecule has 0 amide bonds. The summed E-state index contributed by atoms with van der Waals surface area (Å²) < 4.78 is 26.6. The van der Waals surface area contributed by atoms with Gasteiger partial charge in [0, 0.05) is 24.4 Å². The molecule has 0 saturated carbocycles. The summed E-state index contributed by atoms with van der Waals surface area (Å²) in [6, 6.07) is 3.30. The summed E-state index contributed by atoms with van der Waals surface area (Å²) in [6.07, 6.45) is 4.80. The third-order valence-electron chi connectivity index (χ3n) is 4.33. The zero-order chi connectivity index (χ0) is 15.5. The molecule has 22 heavy (non-hydrogen) atoms. The molecule has 0 spiro atoms. The number of likely N-dealkylation sites (tertiary alicyclic amines) is 1. The molecule has 1 fully saturated rings. The van der Waals surface area contributed by atoms with Crippen LogP contribution in [0.15, 0.2) is 30.6 Å². The monoisotopic (exact) mass is 307 g/mol. The maximum atomic E-state index is 13.7. The number of aliphatic hydroxyl groups is 1. The van der Waals surface area contributed by atoms with Crippen molar-refractivity contribution in [3.05, 3.63) is 53.4 Å². The summed E-state index contributed by atoms with van der Waals surface area (Å²) in [4.78, 5) is 2.12. The van der Waals surface area contributed by atoms with Gasteiger partial charge in [-0.3, -0.25) is 5.10 Å². The number of benzene rings is 1. The normalized spacial score (nSPS) is 18.5. The minimum atomic E-state index is -0.939. The van der Waals surface area contributed by atoms with Crippen LogP contribution in [-0.4, -0.2) is 39.8 Å². The highest BCUT2D eigenvalue weighted by Crippen LogP contribution is 2.28. The van der Waals surface area contributed by atoms with Crippen LogP contribution in [0.2, 0.25) is 0 Å². The molecule has 1 atom stereocenters. The number of nitrogens with one attached hydrogen (secondary N) is 1. The van der Waals surface area contributed by atoms with Crippen molar-refractivity contribution >= 4 is 0 Å². The smallest absolute Gasteiger partial charge is 0.131 e. The molecule has 0 aliphatic carbocycles. The number of hydrogen-bond acceptors (Lipinski definition) is 3. The molecular weight excluding hydrogens is 288 g/mol. The standard InChI is InChI=1S/C16H19F2N3O/c17-13-1-2-14(15(18)7-13)16(22)10-21-5-3-11(4-6-21)12-8-19-20-9-12/h1-2,7-9,11,16,22H,3-6,10H2,(H,19,20). The van der Waals surface area contributed by atoms with Crippen molar-refractivity contribution < 1.29 is 13.9 Å². The summed E-state index contributed by atoms with van der Waals surface area (Å²) in [7, 11) is 0. The first-order chi connectivity index (χ1) is 10.6. The molecule has 2 heterocycles. The first-order valence-electron chi connectivity index (χ1n) is 7.47. The quantitative estimate of drug-likeness (QED) is 0.913. The van der Waals surface area contributed by atoms with Crippen LogP contribution in [0, 0.1) is 11.6 Å². The zero-order valence-electron chi connectivity index (χ0n) is 12.2. The lowest BCUT2D eigenvalue weighted by molar-refractivity contribution is 0.0947. The fraction of sp³-hybridized carbons (Fsp3) is 0.438. The number of β-amino-alcohol motifs (C(OH)–C–C–N with tert-alkyl or cyclic N) is 1. The second-order valence-corrected chi connectivity index (χ2v) is 5.79. The number of hydrogen-bond donors (Lipinski definition) is 2. The fourth-order valence-corrected chi connectivity index (χ4v) is 3.05. The number of nitrogens with zero attached hydrogens (tertiary/aromatic N) is 2. The van der Waals surface area contributed by atoms with E-state index < -0.39 is 17.7 Å². The highest BCUT2D eigenvalue weighted by molar-refractivity contribution is 5.21. The van der Waals surface area contributed by atoms with Gasteiger partial charge in [0.15, 0.2) is 0 Å². The molecular formula is C16H19F2N3O. The van der Waals surface area contributed by atoms with Crippen molar-refractivity contribution in [3.8, 4) is 0 Å². The summed E-state index contributed by atoms with van der Waals surface area (Å²) in [5, 5.41) is 17.0. The van der Waals surface area contributed by atoms with Crippen LogP contribution in [0.4, 0.5) is 8.78 Å². The number of aromatic nitrogens is 2. The van der Waals surface area contributed by atoms with E-state index in [2.05, 4.69) is 15.1 Å². The average molecular weight is 307 g/mol. The molecule has 1 aliphatic rings. The van der Waals surface area contributed by atoms with Crippen molar-refractivity contribution in [2.24, 2.45) is 0 Å². The molecule has 4 nitrogen and oxygen atoms in total. The Morgan fingerprint density at radius 2 is 2.09 bits per heavy atom. The Kier molecular flexibility index (Phi) is 4.49. The topological polar surface area (TPSA) is 52.1 Å². The van der Waals surface area contributed by atoms with E-state index in [-0.39, 0.29) is 5.56 Å². The van der Waals surface area contributed by atoms with Gasteiger partial charge in [-0.15, -0.1) is 0 Å². The molecule has 118 valence electrons. The first-order valence-corrected chi connectivity index (χ1v) is 7.47. The van der Waals surface area contributed by atoms with Gasteiger partial charge in [-0.05, 0) is 43.5 Å². The maximum Gasteiger partial charge on any atom is 0.131 e. The van der Waals surface area contributed by atoms with Crippen LogP contribution in [0.25, 0.3) is 0 Å². The van der Waals surface area contributed by atoms with E-state index in [1.165, 1.54) is 17.7 Å². The van der Waals surface area contributed by atoms with Gasteiger partial charge in [-0.1, -0.05) is 6.07 Å². The molecule has 1 aromatic heterocycles. The first kappa shape index (κ1) is 15.1. The Morgan fingerprint density at radius 1 is 1.32 bits per heavy atom. The Labute approximate surface area is 127 Å². The van der Waals surface area contributed by atoms with Crippen molar-refractivity contribution in [1.29, 1.82) is 0 Å². The second kappa shape index (κ2) is 6.54. The Hall–Kier alpha value is -1.79.